The number of nitrogens with zero attached hydrogens (tertiary/aromatic N) is 3. The summed E-state index contributed by atoms with van der Waals surface area (Å²) in [5.74, 6) is 0.606. The molecule has 2 aromatic rings. The number of rotatable bonds is 4. The highest BCUT2D eigenvalue weighted by Crippen LogP contribution is 2.31. The van der Waals surface area contributed by atoms with Crippen molar-refractivity contribution in [3.63, 3.8) is 0 Å². The van der Waals surface area contributed by atoms with Crippen molar-refractivity contribution in [2.75, 3.05) is 7.11 Å². The van der Waals surface area contributed by atoms with Crippen molar-refractivity contribution in [2.24, 2.45) is 7.05 Å². The summed E-state index contributed by atoms with van der Waals surface area (Å²) in [6.07, 6.45) is -0.156. The number of aliphatic hydroxyl groups is 1. The van der Waals surface area contributed by atoms with Crippen LogP contribution in [-0.4, -0.2) is 27.0 Å². The normalized spacial score (nSPS) is 12.7. The number of hydrogen-bond donors (Lipinski definition) is 1. The Kier molecular flexibility index (Phi) is 3.91. The van der Waals surface area contributed by atoms with E-state index in [4.69, 9.17) is 4.74 Å². The number of aliphatic hydroxyl groups excluding tert-OH is 1. The van der Waals surface area contributed by atoms with Gasteiger partial charge in [0.25, 0.3) is 0 Å². The molecule has 0 amide bonds. The lowest BCUT2D eigenvalue weighted by atomic mass is 10.1. The summed E-state index contributed by atoms with van der Waals surface area (Å²) >= 11 is 1.62. The van der Waals surface area contributed by atoms with E-state index in [1.807, 2.05) is 20.8 Å². The van der Waals surface area contributed by atoms with Crippen LogP contribution in [0.15, 0.2) is 0 Å². The number of aryl methyl sites for hydroxylation is 4. The van der Waals surface area contributed by atoms with E-state index < -0.39 is 6.10 Å². The minimum absolute atomic E-state index is 0.488. The summed E-state index contributed by atoms with van der Waals surface area (Å²) in [7, 11) is 3.39. The third-order valence-corrected chi connectivity index (χ3v) is 4.28. The third kappa shape index (κ3) is 2.64. The monoisotopic (exact) mass is 281 g/mol. The Morgan fingerprint density at radius 2 is 2.00 bits per heavy atom. The largest absolute Gasteiger partial charge is 0.481 e. The van der Waals surface area contributed by atoms with Gasteiger partial charge in [0, 0.05) is 18.3 Å². The molecular formula is C13H19N3O2S. The average Bonchev–Trinajstić information content (AvgIpc) is 2.78. The summed E-state index contributed by atoms with van der Waals surface area (Å²) in [5.41, 5.74) is 2.56. The second-order valence-corrected chi connectivity index (χ2v) is 5.89. The van der Waals surface area contributed by atoms with Gasteiger partial charge in [0.15, 0.2) is 0 Å². The smallest absolute Gasteiger partial charge is 0.217 e. The Bertz CT molecular complexity index is 569. The maximum absolute atomic E-state index is 10.4. The highest BCUT2D eigenvalue weighted by Gasteiger charge is 2.22. The fourth-order valence-electron chi connectivity index (χ4n) is 2.17. The van der Waals surface area contributed by atoms with Gasteiger partial charge in [0.05, 0.1) is 35.2 Å². The van der Waals surface area contributed by atoms with Crippen molar-refractivity contribution in [3.05, 3.63) is 26.8 Å². The van der Waals surface area contributed by atoms with Gasteiger partial charge in [-0.15, -0.1) is 11.3 Å². The molecule has 1 N–H and O–H groups in total. The van der Waals surface area contributed by atoms with E-state index in [1.54, 1.807) is 30.2 Å². The molecule has 0 saturated heterocycles. The van der Waals surface area contributed by atoms with Gasteiger partial charge in [-0.25, -0.2) is 9.67 Å². The van der Waals surface area contributed by atoms with Crippen LogP contribution in [-0.2, 0) is 13.5 Å². The molecule has 2 aromatic heterocycles. The molecule has 1 atom stereocenters. The molecule has 0 aromatic carbocycles. The van der Waals surface area contributed by atoms with Crippen molar-refractivity contribution in [1.82, 2.24) is 14.8 Å². The zero-order chi connectivity index (χ0) is 14.2. The van der Waals surface area contributed by atoms with Crippen LogP contribution >= 0.6 is 11.3 Å². The summed E-state index contributed by atoms with van der Waals surface area (Å²) in [4.78, 5) is 5.65. The van der Waals surface area contributed by atoms with Crippen LogP contribution < -0.4 is 4.74 Å². The first-order chi connectivity index (χ1) is 8.93. The van der Waals surface area contributed by atoms with Crippen LogP contribution in [0.5, 0.6) is 5.88 Å². The van der Waals surface area contributed by atoms with E-state index in [1.165, 1.54) is 4.88 Å². The minimum Gasteiger partial charge on any atom is -0.481 e. The molecule has 0 radical (unpaired) electrons. The minimum atomic E-state index is -0.645. The van der Waals surface area contributed by atoms with Crippen LogP contribution in [0.1, 0.15) is 32.9 Å². The molecule has 6 heteroatoms. The highest BCUT2D eigenvalue weighted by molar-refractivity contribution is 7.11. The van der Waals surface area contributed by atoms with Crippen molar-refractivity contribution in [2.45, 2.75) is 33.3 Å². The van der Waals surface area contributed by atoms with E-state index in [0.29, 0.717) is 12.3 Å². The van der Waals surface area contributed by atoms with Crippen LogP contribution in [0.4, 0.5) is 0 Å². The molecular weight excluding hydrogens is 262 g/mol. The number of hydrogen-bond acceptors (Lipinski definition) is 5. The zero-order valence-electron chi connectivity index (χ0n) is 11.9. The second-order valence-electron chi connectivity index (χ2n) is 4.60. The maximum atomic E-state index is 10.4. The van der Waals surface area contributed by atoms with Crippen molar-refractivity contribution < 1.29 is 9.84 Å². The van der Waals surface area contributed by atoms with Crippen molar-refractivity contribution in [1.29, 1.82) is 0 Å². The Balaban J connectivity index is 2.27. The molecule has 2 rings (SSSR count). The summed E-state index contributed by atoms with van der Waals surface area (Å²) in [6, 6.07) is 0. The number of ether oxygens (including phenoxy) is 1. The van der Waals surface area contributed by atoms with E-state index in [-0.39, 0.29) is 0 Å². The Hall–Kier alpha value is -1.40. The van der Waals surface area contributed by atoms with E-state index in [0.717, 1.165) is 22.0 Å². The summed E-state index contributed by atoms with van der Waals surface area (Å²) in [6.45, 7) is 5.90. The topological polar surface area (TPSA) is 60.2 Å². The Morgan fingerprint density at radius 3 is 2.53 bits per heavy atom. The Morgan fingerprint density at radius 1 is 1.32 bits per heavy atom. The van der Waals surface area contributed by atoms with Crippen LogP contribution in [0.2, 0.25) is 0 Å². The lowest BCUT2D eigenvalue weighted by Crippen LogP contribution is -2.05. The standard InChI is InChI=1S/C13H19N3O2S/c1-7-9(3)19-11(14-7)6-10(17)12-8(2)15-16(4)13(12)18-5/h10,17H,6H2,1-5H3. The number of thiazole rings is 1. The van der Waals surface area contributed by atoms with Gasteiger partial charge < -0.3 is 9.84 Å². The predicted octanol–water partition coefficient (Wildman–Crippen LogP) is 2.09. The van der Waals surface area contributed by atoms with E-state index in [2.05, 4.69) is 10.1 Å². The third-order valence-electron chi connectivity index (χ3n) is 3.18. The highest BCUT2D eigenvalue weighted by atomic mass is 32.1. The average molecular weight is 281 g/mol. The summed E-state index contributed by atoms with van der Waals surface area (Å²) < 4.78 is 6.95. The van der Waals surface area contributed by atoms with Crippen LogP contribution in [0.3, 0.4) is 0 Å². The van der Waals surface area contributed by atoms with Crippen LogP contribution in [0.25, 0.3) is 0 Å². The molecule has 5 nitrogen and oxygen atoms in total. The van der Waals surface area contributed by atoms with Gasteiger partial charge >= 0.3 is 0 Å². The Labute approximate surface area is 116 Å². The van der Waals surface area contributed by atoms with Gasteiger partial charge in [0.1, 0.15) is 0 Å². The molecule has 0 aliphatic rings. The van der Waals surface area contributed by atoms with E-state index in [9.17, 15) is 5.11 Å². The molecule has 0 fully saturated rings. The van der Waals surface area contributed by atoms with Gasteiger partial charge in [-0.05, 0) is 20.8 Å². The fraction of sp³-hybridized carbons (Fsp3) is 0.538. The first-order valence-electron chi connectivity index (χ1n) is 6.12. The van der Waals surface area contributed by atoms with Crippen LogP contribution in [0, 0.1) is 20.8 Å². The summed E-state index contributed by atoms with van der Waals surface area (Å²) in [5, 5.41) is 15.6. The molecule has 1 unspecified atom stereocenters. The molecule has 0 saturated carbocycles. The first kappa shape index (κ1) is 14.0. The molecule has 2 heterocycles. The van der Waals surface area contributed by atoms with Crippen molar-refractivity contribution >= 4 is 11.3 Å². The molecule has 19 heavy (non-hydrogen) atoms. The molecule has 0 spiro atoms. The van der Waals surface area contributed by atoms with Crippen molar-refractivity contribution in [3.8, 4) is 5.88 Å². The van der Waals surface area contributed by atoms with Gasteiger partial charge in [-0.2, -0.15) is 5.10 Å². The fourth-order valence-corrected chi connectivity index (χ4v) is 3.14. The molecule has 0 aliphatic heterocycles. The van der Waals surface area contributed by atoms with E-state index >= 15 is 0 Å². The number of methoxy groups -OCH3 is 1. The second kappa shape index (κ2) is 5.30. The lowest BCUT2D eigenvalue weighted by Gasteiger charge is -2.10. The predicted molar refractivity (Wildman–Crippen MR) is 74.7 cm³/mol. The van der Waals surface area contributed by atoms with Gasteiger partial charge in [0.2, 0.25) is 5.88 Å². The maximum Gasteiger partial charge on any atom is 0.217 e. The lowest BCUT2D eigenvalue weighted by molar-refractivity contribution is 0.172. The SMILES string of the molecule is COc1c(C(O)Cc2nc(C)c(C)s2)c(C)nn1C. The van der Waals surface area contributed by atoms with Gasteiger partial charge in [-0.1, -0.05) is 0 Å². The number of aromatic nitrogens is 3. The molecule has 104 valence electrons. The zero-order valence-corrected chi connectivity index (χ0v) is 12.7. The van der Waals surface area contributed by atoms with Gasteiger partial charge in [-0.3, -0.25) is 0 Å². The first-order valence-corrected chi connectivity index (χ1v) is 6.94. The molecule has 0 bridgehead atoms. The molecule has 0 aliphatic carbocycles. The quantitative estimate of drug-likeness (QED) is 0.932.